The average molecular weight is 432 g/mol. The fourth-order valence-electron chi connectivity index (χ4n) is 2.84. The van der Waals surface area contributed by atoms with Gasteiger partial charge in [0.2, 0.25) is 0 Å². The summed E-state index contributed by atoms with van der Waals surface area (Å²) in [5, 5.41) is 0. The van der Waals surface area contributed by atoms with Crippen molar-refractivity contribution in [3.05, 3.63) is 34.9 Å². The van der Waals surface area contributed by atoms with Crippen LogP contribution in [0.15, 0.2) is 18.2 Å². The highest BCUT2D eigenvalue weighted by atomic mass is 28.4. The average Bonchev–Trinajstić information content (AvgIpc) is 2.58. The topological polar surface area (TPSA) is 27.7 Å². The minimum Gasteiger partial charge on any atom is -0.374 e. The van der Waals surface area contributed by atoms with Gasteiger partial charge in [-0.2, -0.15) is 26.3 Å². The summed E-state index contributed by atoms with van der Waals surface area (Å²) < 4.78 is 94.6. The number of benzene rings is 1. The number of hydrogen-bond donors (Lipinski definition) is 0. The maximum atomic E-state index is 12.9. The van der Waals surface area contributed by atoms with E-state index in [2.05, 4.69) is 0 Å². The number of halogens is 6. The van der Waals surface area contributed by atoms with Gasteiger partial charge in [0, 0.05) is 25.9 Å². The van der Waals surface area contributed by atoms with E-state index in [1.165, 1.54) is 0 Å². The molecule has 0 atom stereocenters. The molecular weight excluding hydrogens is 406 g/mol. The second-order valence-corrected chi connectivity index (χ2v) is 8.84. The number of hydrogen-bond acceptors (Lipinski definition) is 3. The van der Waals surface area contributed by atoms with Gasteiger partial charge in [-0.3, -0.25) is 0 Å². The first kappa shape index (κ1) is 24.9. The molecule has 0 aliphatic carbocycles. The first-order valence-electron chi connectivity index (χ1n) is 9.17. The van der Waals surface area contributed by atoms with Crippen molar-refractivity contribution in [3.63, 3.8) is 0 Å². The molecule has 1 aromatic rings. The van der Waals surface area contributed by atoms with Crippen molar-refractivity contribution >= 4 is 8.80 Å². The largest absolute Gasteiger partial charge is 0.500 e. The van der Waals surface area contributed by atoms with Crippen LogP contribution in [0.1, 0.15) is 50.3 Å². The van der Waals surface area contributed by atoms with Gasteiger partial charge < -0.3 is 13.3 Å². The fourth-order valence-corrected chi connectivity index (χ4v) is 5.52. The Bertz CT molecular complexity index is 555. The Morgan fingerprint density at radius 2 is 1.14 bits per heavy atom. The molecule has 162 valence electrons. The zero-order chi connectivity index (χ0) is 21.4. The lowest BCUT2D eigenvalue weighted by atomic mass is 10.0. The van der Waals surface area contributed by atoms with E-state index in [9.17, 15) is 26.3 Å². The lowest BCUT2D eigenvalue weighted by molar-refractivity contribution is -0.143. The van der Waals surface area contributed by atoms with Crippen LogP contribution in [0.2, 0.25) is 6.04 Å². The van der Waals surface area contributed by atoms with E-state index in [0.717, 1.165) is 12.1 Å². The zero-order valence-corrected chi connectivity index (χ0v) is 17.2. The molecule has 28 heavy (non-hydrogen) atoms. The Morgan fingerprint density at radius 1 is 0.714 bits per heavy atom. The van der Waals surface area contributed by atoms with E-state index < -0.39 is 32.3 Å². The normalized spacial score (nSPS) is 13.2. The summed E-state index contributed by atoms with van der Waals surface area (Å²) in [5.41, 5.74) is -2.59. The summed E-state index contributed by atoms with van der Waals surface area (Å²) in [6, 6.07) is 2.13. The van der Waals surface area contributed by atoms with Gasteiger partial charge in [0.1, 0.15) is 0 Å². The molecule has 0 spiro atoms. The summed E-state index contributed by atoms with van der Waals surface area (Å²) in [7, 11) is -2.88. The molecule has 0 N–H and O–H groups in total. The van der Waals surface area contributed by atoms with Crippen LogP contribution in [0.3, 0.4) is 0 Å². The highest BCUT2D eigenvalue weighted by Gasteiger charge is 2.40. The van der Waals surface area contributed by atoms with Gasteiger partial charge in [0.05, 0.1) is 11.1 Å². The van der Waals surface area contributed by atoms with Crippen molar-refractivity contribution in [2.24, 2.45) is 0 Å². The van der Waals surface area contributed by atoms with Crippen LogP contribution in [0, 0.1) is 0 Å². The first-order valence-corrected chi connectivity index (χ1v) is 11.1. The maximum absolute atomic E-state index is 12.9. The first-order chi connectivity index (χ1) is 13.0. The van der Waals surface area contributed by atoms with Gasteiger partial charge in [0.25, 0.3) is 0 Å². The predicted octanol–water partition coefficient (Wildman–Crippen LogP) is 6.10. The SMILES string of the molecule is CCO[Si](CCCCc1cc(C(F)(F)F)cc(C(F)(F)F)c1)(OCC)OCC. The highest BCUT2D eigenvalue weighted by molar-refractivity contribution is 6.60. The summed E-state index contributed by atoms with van der Waals surface area (Å²) in [6.07, 6.45) is -8.69. The minimum absolute atomic E-state index is 0.00125. The molecule has 0 saturated heterocycles. The van der Waals surface area contributed by atoms with Crippen LogP contribution >= 0.6 is 0 Å². The molecule has 0 bridgehead atoms. The Balaban J connectivity index is 2.86. The van der Waals surface area contributed by atoms with Crippen molar-refractivity contribution in [2.75, 3.05) is 19.8 Å². The molecule has 0 heterocycles. The standard InChI is InChI=1S/C18H26F6O3Si/c1-4-25-28(26-5-2,27-6-3)10-8-7-9-14-11-15(17(19,20)21)13-16(12-14)18(22,23)24/h11-13H,4-10H2,1-3H3. The van der Waals surface area contributed by atoms with E-state index >= 15 is 0 Å². The number of alkyl halides is 6. The van der Waals surface area contributed by atoms with Crippen molar-refractivity contribution in [2.45, 2.75) is 58.4 Å². The van der Waals surface area contributed by atoms with Gasteiger partial charge in [-0.15, -0.1) is 0 Å². The molecule has 0 saturated carbocycles. The van der Waals surface area contributed by atoms with Gasteiger partial charge in [-0.25, -0.2) is 0 Å². The van der Waals surface area contributed by atoms with Crippen molar-refractivity contribution in [1.82, 2.24) is 0 Å². The molecule has 0 aromatic heterocycles. The fraction of sp³-hybridized carbons (Fsp3) is 0.667. The summed E-state index contributed by atoms with van der Waals surface area (Å²) in [6.45, 7) is 6.61. The van der Waals surface area contributed by atoms with Crippen LogP contribution in [0.5, 0.6) is 0 Å². The monoisotopic (exact) mass is 432 g/mol. The van der Waals surface area contributed by atoms with E-state index in [4.69, 9.17) is 13.3 Å². The molecule has 0 aliphatic rings. The molecule has 0 unspecified atom stereocenters. The second-order valence-electron chi connectivity index (χ2n) is 6.10. The molecule has 0 amide bonds. The Hall–Kier alpha value is -1.10. The van der Waals surface area contributed by atoms with Gasteiger partial charge in [0.15, 0.2) is 0 Å². The van der Waals surface area contributed by atoms with Crippen molar-refractivity contribution in [1.29, 1.82) is 0 Å². The second kappa shape index (κ2) is 10.6. The van der Waals surface area contributed by atoms with Crippen LogP contribution < -0.4 is 0 Å². The number of aryl methyl sites for hydroxylation is 1. The van der Waals surface area contributed by atoms with Gasteiger partial charge in [-0.1, -0.05) is 0 Å². The summed E-state index contributed by atoms with van der Waals surface area (Å²) in [5.74, 6) is 0. The number of rotatable bonds is 11. The predicted molar refractivity (Wildman–Crippen MR) is 94.8 cm³/mol. The lowest BCUT2D eigenvalue weighted by Gasteiger charge is -2.28. The molecule has 3 nitrogen and oxygen atoms in total. The van der Waals surface area contributed by atoms with E-state index in [-0.39, 0.29) is 18.1 Å². The van der Waals surface area contributed by atoms with Gasteiger partial charge in [-0.05, 0) is 63.8 Å². The molecule has 1 aromatic carbocycles. The smallest absolute Gasteiger partial charge is 0.374 e. The molecule has 1 rings (SSSR count). The van der Waals surface area contributed by atoms with Crippen LogP contribution in [0.25, 0.3) is 0 Å². The maximum Gasteiger partial charge on any atom is 0.500 e. The quantitative estimate of drug-likeness (QED) is 0.240. The van der Waals surface area contributed by atoms with E-state index in [0.29, 0.717) is 38.7 Å². The van der Waals surface area contributed by atoms with Crippen molar-refractivity contribution in [3.8, 4) is 0 Å². The van der Waals surface area contributed by atoms with Crippen LogP contribution in [-0.4, -0.2) is 28.6 Å². The minimum atomic E-state index is -4.84. The third kappa shape index (κ3) is 7.73. The molecule has 10 heteroatoms. The molecule has 0 aliphatic heterocycles. The third-order valence-electron chi connectivity index (χ3n) is 3.94. The Morgan fingerprint density at radius 3 is 1.50 bits per heavy atom. The summed E-state index contributed by atoms with van der Waals surface area (Å²) in [4.78, 5) is 0. The van der Waals surface area contributed by atoms with Crippen LogP contribution in [-0.2, 0) is 32.1 Å². The zero-order valence-electron chi connectivity index (χ0n) is 16.2. The molecule has 0 fully saturated rings. The third-order valence-corrected chi connectivity index (χ3v) is 7.09. The van der Waals surface area contributed by atoms with Gasteiger partial charge >= 0.3 is 21.2 Å². The van der Waals surface area contributed by atoms with E-state index in [1.807, 2.05) is 0 Å². The highest BCUT2D eigenvalue weighted by Crippen LogP contribution is 2.36. The Labute approximate surface area is 162 Å². The Kier molecular flexibility index (Phi) is 9.45. The van der Waals surface area contributed by atoms with E-state index in [1.54, 1.807) is 20.8 Å². The molecule has 0 radical (unpaired) electrons. The lowest BCUT2D eigenvalue weighted by Crippen LogP contribution is -2.45. The molecular formula is C18H26F6O3Si. The number of unbranched alkanes of at least 4 members (excludes halogenated alkanes) is 1. The van der Waals surface area contributed by atoms with Crippen molar-refractivity contribution < 1.29 is 39.6 Å². The summed E-state index contributed by atoms with van der Waals surface area (Å²) >= 11 is 0. The van der Waals surface area contributed by atoms with Crippen LogP contribution in [0.4, 0.5) is 26.3 Å².